The Balaban J connectivity index is 1.41. The van der Waals surface area contributed by atoms with Crippen molar-refractivity contribution in [2.45, 2.75) is 31.8 Å². The SMILES string of the molecule is COc1cccc2c1OC[C@H](C(=O)N[C@H]1CCc3nccn3C1)C2. The number of hydrogen-bond acceptors (Lipinski definition) is 4. The molecule has 2 aliphatic rings. The van der Waals surface area contributed by atoms with Crippen molar-refractivity contribution in [2.75, 3.05) is 13.7 Å². The van der Waals surface area contributed by atoms with Crippen LogP contribution in [-0.4, -0.2) is 35.2 Å². The van der Waals surface area contributed by atoms with Gasteiger partial charge in [-0.2, -0.15) is 0 Å². The van der Waals surface area contributed by atoms with Crippen LogP contribution in [0.1, 0.15) is 17.8 Å². The highest BCUT2D eigenvalue weighted by atomic mass is 16.5. The third kappa shape index (κ3) is 2.72. The number of rotatable bonds is 3. The van der Waals surface area contributed by atoms with Gasteiger partial charge in [0, 0.05) is 31.4 Å². The summed E-state index contributed by atoms with van der Waals surface area (Å²) < 4.78 is 13.2. The van der Waals surface area contributed by atoms with Crippen LogP contribution in [0.4, 0.5) is 0 Å². The molecule has 0 fully saturated rings. The first kappa shape index (κ1) is 15.1. The molecule has 1 aromatic heterocycles. The molecular weight excluding hydrogens is 306 g/mol. The molecule has 0 aliphatic carbocycles. The summed E-state index contributed by atoms with van der Waals surface area (Å²) in [6.45, 7) is 1.18. The van der Waals surface area contributed by atoms with Crippen molar-refractivity contribution in [2.24, 2.45) is 5.92 Å². The minimum absolute atomic E-state index is 0.0667. The second-order valence-corrected chi connectivity index (χ2v) is 6.40. The van der Waals surface area contributed by atoms with E-state index in [1.807, 2.05) is 30.6 Å². The lowest BCUT2D eigenvalue weighted by molar-refractivity contribution is -0.127. The molecule has 126 valence electrons. The average Bonchev–Trinajstić information content (AvgIpc) is 3.08. The Morgan fingerprint density at radius 2 is 2.38 bits per heavy atom. The molecule has 3 heterocycles. The first-order chi connectivity index (χ1) is 11.7. The Bertz CT molecular complexity index is 756. The molecule has 0 saturated carbocycles. The zero-order chi connectivity index (χ0) is 16.5. The van der Waals surface area contributed by atoms with Gasteiger partial charge in [-0.3, -0.25) is 4.79 Å². The van der Waals surface area contributed by atoms with Gasteiger partial charge in [0.15, 0.2) is 11.5 Å². The van der Waals surface area contributed by atoms with E-state index >= 15 is 0 Å². The molecule has 0 radical (unpaired) electrons. The zero-order valence-electron chi connectivity index (χ0n) is 13.7. The Hall–Kier alpha value is -2.50. The fraction of sp³-hybridized carbons (Fsp3) is 0.444. The minimum Gasteiger partial charge on any atom is -0.493 e. The number of aryl methyl sites for hydroxylation is 1. The number of nitrogens with one attached hydrogen (secondary N) is 1. The second-order valence-electron chi connectivity index (χ2n) is 6.40. The summed E-state index contributed by atoms with van der Waals surface area (Å²) >= 11 is 0. The van der Waals surface area contributed by atoms with Crippen molar-refractivity contribution in [3.63, 3.8) is 0 Å². The van der Waals surface area contributed by atoms with Crippen LogP contribution in [0.2, 0.25) is 0 Å². The van der Waals surface area contributed by atoms with Crippen molar-refractivity contribution >= 4 is 5.91 Å². The fourth-order valence-electron chi connectivity index (χ4n) is 3.53. The highest BCUT2D eigenvalue weighted by Crippen LogP contribution is 2.36. The smallest absolute Gasteiger partial charge is 0.227 e. The monoisotopic (exact) mass is 327 g/mol. The van der Waals surface area contributed by atoms with Crippen LogP contribution in [0.5, 0.6) is 11.5 Å². The van der Waals surface area contributed by atoms with Gasteiger partial charge in [0.2, 0.25) is 5.91 Å². The van der Waals surface area contributed by atoms with Gasteiger partial charge < -0.3 is 19.4 Å². The Kier molecular flexibility index (Phi) is 3.88. The summed E-state index contributed by atoms with van der Waals surface area (Å²) in [5, 5.41) is 3.18. The van der Waals surface area contributed by atoms with Gasteiger partial charge >= 0.3 is 0 Å². The summed E-state index contributed by atoms with van der Waals surface area (Å²) in [6, 6.07) is 5.97. The lowest BCUT2D eigenvalue weighted by Crippen LogP contribution is -2.46. The van der Waals surface area contributed by atoms with E-state index in [9.17, 15) is 4.79 Å². The topological polar surface area (TPSA) is 65.4 Å². The first-order valence-electron chi connectivity index (χ1n) is 8.33. The van der Waals surface area contributed by atoms with Gasteiger partial charge in [-0.15, -0.1) is 0 Å². The largest absolute Gasteiger partial charge is 0.493 e. The molecule has 2 aliphatic heterocycles. The number of imidazole rings is 1. The van der Waals surface area contributed by atoms with Crippen LogP contribution in [0.15, 0.2) is 30.6 Å². The third-order valence-corrected chi connectivity index (χ3v) is 4.83. The van der Waals surface area contributed by atoms with Crippen molar-refractivity contribution in [3.8, 4) is 11.5 Å². The molecule has 1 N–H and O–H groups in total. The van der Waals surface area contributed by atoms with Crippen LogP contribution in [-0.2, 0) is 24.2 Å². The van der Waals surface area contributed by atoms with Gasteiger partial charge in [-0.25, -0.2) is 4.98 Å². The maximum atomic E-state index is 12.6. The molecular formula is C18H21N3O3. The number of aromatic nitrogens is 2. The number of carbonyl (C=O) groups is 1. The van der Waals surface area contributed by atoms with E-state index in [-0.39, 0.29) is 17.9 Å². The summed E-state index contributed by atoms with van der Waals surface area (Å²) in [4.78, 5) is 17.0. The molecule has 1 aromatic carbocycles. The van der Waals surface area contributed by atoms with Crippen molar-refractivity contribution < 1.29 is 14.3 Å². The number of benzene rings is 1. The molecule has 0 saturated heterocycles. The average molecular weight is 327 g/mol. The van der Waals surface area contributed by atoms with E-state index in [0.29, 0.717) is 13.0 Å². The molecule has 24 heavy (non-hydrogen) atoms. The van der Waals surface area contributed by atoms with E-state index in [2.05, 4.69) is 14.9 Å². The lowest BCUT2D eigenvalue weighted by atomic mass is 9.95. The van der Waals surface area contributed by atoms with Crippen LogP contribution in [0, 0.1) is 5.92 Å². The first-order valence-corrected chi connectivity index (χ1v) is 8.33. The Morgan fingerprint density at radius 1 is 1.46 bits per heavy atom. The summed E-state index contributed by atoms with van der Waals surface area (Å²) in [5.41, 5.74) is 1.03. The summed E-state index contributed by atoms with van der Waals surface area (Å²) in [7, 11) is 1.63. The van der Waals surface area contributed by atoms with E-state index in [4.69, 9.17) is 9.47 Å². The van der Waals surface area contributed by atoms with Gasteiger partial charge in [-0.1, -0.05) is 12.1 Å². The highest BCUT2D eigenvalue weighted by Gasteiger charge is 2.30. The number of fused-ring (bicyclic) bond motifs is 2. The molecule has 2 atom stereocenters. The Morgan fingerprint density at radius 3 is 3.25 bits per heavy atom. The molecule has 0 bridgehead atoms. The Labute approximate surface area is 140 Å². The maximum absolute atomic E-state index is 12.6. The molecule has 0 unspecified atom stereocenters. The summed E-state index contributed by atoms with van der Waals surface area (Å²) in [6.07, 6.45) is 6.31. The van der Waals surface area contributed by atoms with Crippen molar-refractivity contribution in [1.29, 1.82) is 0 Å². The molecule has 4 rings (SSSR count). The second kappa shape index (κ2) is 6.19. The van der Waals surface area contributed by atoms with Crippen molar-refractivity contribution in [1.82, 2.24) is 14.9 Å². The van der Waals surface area contributed by atoms with Gasteiger partial charge in [0.05, 0.1) is 13.0 Å². The predicted octanol–water partition coefficient (Wildman–Crippen LogP) is 1.57. The zero-order valence-corrected chi connectivity index (χ0v) is 13.7. The minimum atomic E-state index is -0.159. The number of nitrogens with zero attached hydrogens (tertiary/aromatic N) is 2. The van der Waals surface area contributed by atoms with E-state index in [1.165, 1.54) is 0 Å². The number of carbonyl (C=O) groups excluding carboxylic acids is 1. The third-order valence-electron chi connectivity index (χ3n) is 4.83. The summed E-state index contributed by atoms with van der Waals surface area (Å²) in [5.74, 6) is 2.50. The van der Waals surface area contributed by atoms with E-state index < -0.39 is 0 Å². The van der Waals surface area contributed by atoms with E-state index in [1.54, 1.807) is 7.11 Å². The van der Waals surface area contributed by atoms with E-state index in [0.717, 1.165) is 42.3 Å². The van der Waals surface area contributed by atoms with Crippen LogP contribution in [0.25, 0.3) is 0 Å². The number of methoxy groups -OCH3 is 1. The maximum Gasteiger partial charge on any atom is 0.227 e. The number of para-hydroxylation sites is 1. The van der Waals surface area contributed by atoms with Gasteiger partial charge in [-0.05, 0) is 24.5 Å². The normalized spacial score (nSPS) is 22.0. The molecule has 6 nitrogen and oxygen atoms in total. The van der Waals surface area contributed by atoms with Gasteiger partial charge in [0.25, 0.3) is 0 Å². The molecule has 0 spiro atoms. The number of amides is 1. The highest BCUT2D eigenvalue weighted by molar-refractivity contribution is 5.80. The van der Waals surface area contributed by atoms with Crippen LogP contribution in [0.3, 0.4) is 0 Å². The quantitative estimate of drug-likeness (QED) is 0.929. The lowest BCUT2D eigenvalue weighted by Gasteiger charge is -2.29. The van der Waals surface area contributed by atoms with Crippen molar-refractivity contribution in [3.05, 3.63) is 42.0 Å². The fourth-order valence-corrected chi connectivity index (χ4v) is 3.53. The van der Waals surface area contributed by atoms with Crippen LogP contribution >= 0.6 is 0 Å². The van der Waals surface area contributed by atoms with Gasteiger partial charge in [0.1, 0.15) is 12.4 Å². The molecule has 2 aromatic rings. The van der Waals surface area contributed by atoms with Crippen LogP contribution < -0.4 is 14.8 Å². The molecule has 6 heteroatoms. The molecule has 1 amide bonds. The standard InChI is InChI=1S/C18H21N3O3/c1-23-15-4-2-3-12-9-13(11-24-17(12)15)18(22)20-14-5-6-16-19-7-8-21(16)10-14/h2-4,7-8,13-14H,5-6,9-11H2,1H3,(H,20,22)/t13-,14+/m1/s1. The predicted molar refractivity (Wildman–Crippen MR) is 88.2 cm³/mol. The number of ether oxygens (including phenoxy) is 2. The number of hydrogen-bond donors (Lipinski definition) is 1.